The monoisotopic (exact) mass is 168 g/mol. The fraction of sp³-hybridized carbons (Fsp3) is 0.667. The summed E-state index contributed by atoms with van der Waals surface area (Å²) in [6.07, 6.45) is 4.58. The van der Waals surface area contributed by atoms with E-state index in [2.05, 4.69) is 12.1 Å². The first-order valence-corrected chi connectivity index (χ1v) is 4.46. The highest BCUT2D eigenvalue weighted by atomic mass is 16.5. The third-order valence-corrected chi connectivity index (χ3v) is 2.06. The number of nitrogen functional groups attached to an aromatic ring is 1. The van der Waals surface area contributed by atoms with Gasteiger partial charge in [-0.1, -0.05) is 24.9 Å². The molecule has 0 saturated carbocycles. The van der Waals surface area contributed by atoms with Crippen LogP contribution in [-0.2, 0) is 6.42 Å². The van der Waals surface area contributed by atoms with Crippen LogP contribution in [0.5, 0.6) is 0 Å². The molecule has 68 valence electrons. The van der Waals surface area contributed by atoms with Crippen molar-refractivity contribution in [1.29, 1.82) is 0 Å². The third kappa shape index (κ3) is 2.00. The van der Waals surface area contributed by atoms with Crippen molar-refractivity contribution in [3.63, 3.8) is 0 Å². The average molecular weight is 168 g/mol. The van der Waals surface area contributed by atoms with E-state index < -0.39 is 0 Å². The number of hydrogen-bond acceptors (Lipinski definition) is 3. The summed E-state index contributed by atoms with van der Waals surface area (Å²) in [7, 11) is 0. The van der Waals surface area contributed by atoms with E-state index >= 15 is 0 Å². The Labute approximate surface area is 72.9 Å². The zero-order valence-corrected chi connectivity index (χ0v) is 7.76. The molecule has 0 fully saturated rings. The molecule has 0 spiro atoms. The molecule has 0 radical (unpaired) electrons. The lowest BCUT2D eigenvalue weighted by molar-refractivity contribution is 0.380. The van der Waals surface area contributed by atoms with Crippen LogP contribution >= 0.6 is 0 Å². The van der Waals surface area contributed by atoms with Gasteiger partial charge in [-0.25, -0.2) is 0 Å². The summed E-state index contributed by atoms with van der Waals surface area (Å²) in [5, 5.41) is 3.70. The molecule has 0 bridgehead atoms. The van der Waals surface area contributed by atoms with E-state index in [0.29, 0.717) is 5.82 Å². The number of aromatic nitrogens is 1. The lowest BCUT2D eigenvalue weighted by Crippen LogP contribution is -1.89. The standard InChI is InChI=1S/C9H16N2O/c1-3-4-5-6-8-7(2)9(10)11-12-8/h3-6H2,1-2H3,(H2,10,11). The van der Waals surface area contributed by atoms with E-state index in [0.717, 1.165) is 24.2 Å². The number of nitrogens with zero attached hydrogens (tertiary/aromatic N) is 1. The maximum Gasteiger partial charge on any atom is 0.169 e. The topological polar surface area (TPSA) is 52.0 Å². The van der Waals surface area contributed by atoms with E-state index in [1.807, 2.05) is 6.92 Å². The first-order chi connectivity index (χ1) is 5.75. The van der Waals surface area contributed by atoms with Gasteiger partial charge in [-0.2, -0.15) is 0 Å². The van der Waals surface area contributed by atoms with Crippen LogP contribution in [-0.4, -0.2) is 5.16 Å². The molecular weight excluding hydrogens is 152 g/mol. The lowest BCUT2D eigenvalue weighted by atomic mass is 10.1. The van der Waals surface area contributed by atoms with Crippen LogP contribution in [0.1, 0.15) is 37.5 Å². The summed E-state index contributed by atoms with van der Waals surface area (Å²) in [4.78, 5) is 0. The minimum absolute atomic E-state index is 0.529. The Balaban J connectivity index is 2.46. The number of aryl methyl sites for hydroxylation is 1. The molecule has 0 amide bonds. The number of unbranched alkanes of at least 4 members (excludes halogenated alkanes) is 2. The van der Waals surface area contributed by atoms with Gasteiger partial charge in [-0.3, -0.25) is 0 Å². The summed E-state index contributed by atoms with van der Waals surface area (Å²) in [6.45, 7) is 4.13. The minimum atomic E-state index is 0.529. The molecule has 1 aromatic rings. The molecule has 3 heteroatoms. The van der Waals surface area contributed by atoms with Gasteiger partial charge in [0, 0.05) is 12.0 Å². The highest BCUT2D eigenvalue weighted by molar-refractivity contribution is 5.38. The van der Waals surface area contributed by atoms with Crippen LogP contribution in [0.3, 0.4) is 0 Å². The zero-order valence-electron chi connectivity index (χ0n) is 7.76. The predicted octanol–water partition coefficient (Wildman–Crippen LogP) is 2.30. The highest BCUT2D eigenvalue weighted by Crippen LogP contribution is 2.16. The first-order valence-electron chi connectivity index (χ1n) is 4.46. The van der Waals surface area contributed by atoms with Crippen molar-refractivity contribution in [2.24, 2.45) is 0 Å². The number of hydrogen-bond donors (Lipinski definition) is 1. The Morgan fingerprint density at radius 1 is 1.42 bits per heavy atom. The van der Waals surface area contributed by atoms with Crippen molar-refractivity contribution >= 4 is 5.82 Å². The second kappa shape index (κ2) is 4.14. The Morgan fingerprint density at radius 3 is 2.67 bits per heavy atom. The zero-order chi connectivity index (χ0) is 8.97. The molecule has 0 aliphatic heterocycles. The van der Waals surface area contributed by atoms with Gasteiger partial charge in [0.25, 0.3) is 0 Å². The van der Waals surface area contributed by atoms with Crippen LogP contribution in [0.2, 0.25) is 0 Å². The summed E-state index contributed by atoms with van der Waals surface area (Å²) >= 11 is 0. The van der Waals surface area contributed by atoms with Gasteiger partial charge in [0.1, 0.15) is 5.76 Å². The van der Waals surface area contributed by atoms with Gasteiger partial charge in [0.15, 0.2) is 5.82 Å². The van der Waals surface area contributed by atoms with E-state index in [9.17, 15) is 0 Å². The van der Waals surface area contributed by atoms with Gasteiger partial charge >= 0.3 is 0 Å². The fourth-order valence-electron chi connectivity index (χ4n) is 1.15. The molecule has 3 nitrogen and oxygen atoms in total. The molecule has 0 unspecified atom stereocenters. The molecule has 1 rings (SSSR count). The van der Waals surface area contributed by atoms with Gasteiger partial charge in [0.05, 0.1) is 0 Å². The van der Waals surface area contributed by atoms with Crippen molar-refractivity contribution in [2.45, 2.75) is 39.5 Å². The Bertz CT molecular complexity index is 243. The molecule has 1 aromatic heterocycles. The molecule has 0 aliphatic carbocycles. The van der Waals surface area contributed by atoms with Crippen molar-refractivity contribution in [3.8, 4) is 0 Å². The molecule has 0 aliphatic rings. The Kier molecular flexibility index (Phi) is 3.14. The minimum Gasteiger partial charge on any atom is -0.381 e. The quantitative estimate of drug-likeness (QED) is 0.702. The summed E-state index contributed by atoms with van der Waals surface area (Å²) in [5.74, 6) is 1.47. The van der Waals surface area contributed by atoms with Crippen LogP contribution in [0.15, 0.2) is 4.52 Å². The fourth-order valence-corrected chi connectivity index (χ4v) is 1.15. The van der Waals surface area contributed by atoms with Crippen molar-refractivity contribution in [2.75, 3.05) is 5.73 Å². The third-order valence-electron chi connectivity index (χ3n) is 2.06. The van der Waals surface area contributed by atoms with E-state index in [1.165, 1.54) is 12.8 Å². The largest absolute Gasteiger partial charge is 0.381 e. The highest BCUT2D eigenvalue weighted by Gasteiger charge is 2.07. The average Bonchev–Trinajstić information content (AvgIpc) is 2.36. The summed E-state index contributed by atoms with van der Waals surface area (Å²) < 4.78 is 5.07. The molecule has 2 N–H and O–H groups in total. The van der Waals surface area contributed by atoms with Crippen LogP contribution in [0.25, 0.3) is 0 Å². The molecule has 0 saturated heterocycles. The number of nitrogens with two attached hydrogens (primary N) is 1. The molecule has 12 heavy (non-hydrogen) atoms. The van der Waals surface area contributed by atoms with Crippen molar-refractivity contribution in [1.82, 2.24) is 5.16 Å². The van der Waals surface area contributed by atoms with Crippen molar-refractivity contribution in [3.05, 3.63) is 11.3 Å². The summed E-state index contributed by atoms with van der Waals surface area (Å²) in [5.41, 5.74) is 6.55. The van der Waals surface area contributed by atoms with Crippen molar-refractivity contribution < 1.29 is 4.52 Å². The lowest BCUT2D eigenvalue weighted by Gasteiger charge is -1.95. The maximum atomic E-state index is 5.54. The second-order valence-corrected chi connectivity index (χ2v) is 3.07. The Morgan fingerprint density at radius 2 is 2.17 bits per heavy atom. The molecular formula is C9H16N2O. The Hall–Kier alpha value is -0.990. The van der Waals surface area contributed by atoms with E-state index in [4.69, 9.17) is 10.3 Å². The smallest absolute Gasteiger partial charge is 0.169 e. The van der Waals surface area contributed by atoms with Crippen LogP contribution in [0, 0.1) is 6.92 Å². The molecule has 0 aromatic carbocycles. The van der Waals surface area contributed by atoms with Gasteiger partial charge in [-0.05, 0) is 13.3 Å². The molecule has 0 atom stereocenters. The maximum absolute atomic E-state index is 5.54. The molecule has 1 heterocycles. The SMILES string of the molecule is CCCCCc1onc(N)c1C. The predicted molar refractivity (Wildman–Crippen MR) is 48.9 cm³/mol. The number of rotatable bonds is 4. The van der Waals surface area contributed by atoms with Gasteiger partial charge < -0.3 is 10.3 Å². The summed E-state index contributed by atoms with van der Waals surface area (Å²) in [6, 6.07) is 0. The second-order valence-electron chi connectivity index (χ2n) is 3.07. The number of anilines is 1. The van der Waals surface area contributed by atoms with E-state index in [-0.39, 0.29) is 0 Å². The van der Waals surface area contributed by atoms with Crippen LogP contribution < -0.4 is 5.73 Å². The first kappa shape index (κ1) is 9.10. The van der Waals surface area contributed by atoms with E-state index in [1.54, 1.807) is 0 Å². The van der Waals surface area contributed by atoms with Gasteiger partial charge in [-0.15, -0.1) is 0 Å². The normalized spacial score (nSPS) is 10.5. The van der Waals surface area contributed by atoms with Gasteiger partial charge in [0.2, 0.25) is 0 Å². The van der Waals surface area contributed by atoms with Crippen LogP contribution in [0.4, 0.5) is 5.82 Å².